The maximum Gasteiger partial charge on any atom is 0.348 e. The zero-order valence-corrected chi connectivity index (χ0v) is 18.0. The molecule has 0 amide bonds. The zero-order valence-electron chi connectivity index (χ0n) is 14.8. The molecule has 1 N–H and O–H groups in total. The van der Waals surface area contributed by atoms with Gasteiger partial charge in [0.05, 0.1) is 19.3 Å². The van der Waals surface area contributed by atoms with Crippen molar-refractivity contribution in [1.82, 2.24) is 0 Å². The lowest BCUT2D eigenvalue weighted by molar-refractivity contribution is 0.0703. The summed E-state index contributed by atoms with van der Waals surface area (Å²) in [4.78, 5) is 13.1. The van der Waals surface area contributed by atoms with Gasteiger partial charge in [0.2, 0.25) is 0 Å². The molecule has 0 bridgehead atoms. The SMILES string of the molecule is COc1ccc(SN(Cc2ccccc2Br)c2c(C)csc2C(=O)O)cc1. The molecule has 1 aromatic heterocycles. The van der Waals surface area contributed by atoms with Crippen molar-refractivity contribution in [2.24, 2.45) is 0 Å². The summed E-state index contributed by atoms with van der Waals surface area (Å²) < 4.78 is 8.26. The van der Waals surface area contributed by atoms with Crippen LogP contribution in [0, 0.1) is 6.92 Å². The van der Waals surface area contributed by atoms with Gasteiger partial charge in [0.15, 0.2) is 0 Å². The van der Waals surface area contributed by atoms with Crippen LogP contribution < -0.4 is 9.04 Å². The van der Waals surface area contributed by atoms with E-state index in [0.29, 0.717) is 11.4 Å². The van der Waals surface area contributed by atoms with Crippen LogP contribution >= 0.6 is 39.2 Å². The van der Waals surface area contributed by atoms with Gasteiger partial charge in [-0.3, -0.25) is 0 Å². The first-order valence-corrected chi connectivity index (χ1v) is 10.6. The molecular formula is C20H18BrNO3S2. The summed E-state index contributed by atoms with van der Waals surface area (Å²) >= 11 is 6.37. The summed E-state index contributed by atoms with van der Waals surface area (Å²) in [6.45, 7) is 2.51. The highest BCUT2D eigenvalue weighted by Crippen LogP contribution is 2.39. The predicted octanol–water partition coefficient (Wildman–Crippen LogP) is 6.24. The van der Waals surface area contributed by atoms with Gasteiger partial charge >= 0.3 is 5.97 Å². The fourth-order valence-corrected chi connectivity index (χ4v) is 5.00. The summed E-state index contributed by atoms with van der Waals surface area (Å²) in [6.07, 6.45) is 0. The summed E-state index contributed by atoms with van der Waals surface area (Å²) in [5.74, 6) is -0.120. The van der Waals surface area contributed by atoms with E-state index in [2.05, 4.69) is 15.9 Å². The number of carboxylic acids is 1. The molecule has 4 nitrogen and oxygen atoms in total. The van der Waals surface area contributed by atoms with Gasteiger partial charge < -0.3 is 14.1 Å². The first-order valence-electron chi connectivity index (χ1n) is 8.14. The summed E-state index contributed by atoms with van der Waals surface area (Å²) in [6, 6.07) is 15.7. The number of carboxylic acid groups (broad SMARTS) is 1. The summed E-state index contributed by atoms with van der Waals surface area (Å²) in [7, 11) is 1.63. The third-order valence-corrected chi connectivity index (χ3v) is 6.80. The van der Waals surface area contributed by atoms with E-state index >= 15 is 0 Å². The molecule has 3 rings (SSSR count). The fourth-order valence-electron chi connectivity index (χ4n) is 2.60. The maximum absolute atomic E-state index is 11.7. The quantitative estimate of drug-likeness (QED) is 0.420. The van der Waals surface area contributed by atoms with E-state index in [1.54, 1.807) is 7.11 Å². The lowest BCUT2D eigenvalue weighted by atomic mass is 10.2. The molecule has 140 valence electrons. The van der Waals surface area contributed by atoms with Crippen LogP contribution in [-0.2, 0) is 6.54 Å². The molecule has 3 aromatic rings. The number of hydrogen-bond donors (Lipinski definition) is 1. The van der Waals surface area contributed by atoms with Gasteiger partial charge in [-0.2, -0.15) is 0 Å². The Labute approximate surface area is 175 Å². The van der Waals surface area contributed by atoms with Gasteiger partial charge in [0, 0.05) is 9.37 Å². The normalized spacial score (nSPS) is 10.6. The van der Waals surface area contributed by atoms with Crippen LogP contribution in [0.1, 0.15) is 20.8 Å². The third-order valence-electron chi connectivity index (χ3n) is 3.93. The molecule has 0 radical (unpaired) electrons. The molecule has 0 unspecified atom stereocenters. The number of nitrogens with zero attached hydrogens (tertiary/aromatic N) is 1. The average Bonchev–Trinajstić information content (AvgIpc) is 3.05. The van der Waals surface area contributed by atoms with Crippen molar-refractivity contribution in [3.63, 3.8) is 0 Å². The Hall–Kier alpha value is -1.96. The highest BCUT2D eigenvalue weighted by Gasteiger charge is 2.23. The van der Waals surface area contributed by atoms with Gasteiger partial charge in [-0.05, 0) is 65.7 Å². The molecule has 0 fully saturated rings. The van der Waals surface area contributed by atoms with E-state index in [1.165, 1.54) is 23.3 Å². The molecule has 2 aromatic carbocycles. The largest absolute Gasteiger partial charge is 0.497 e. The molecule has 27 heavy (non-hydrogen) atoms. The Morgan fingerprint density at radius 1 is 1.22 bits per heavy atom. The molecule has 0 aliphatic rings. The average molecular weight is 464 g/mol. The molecular weight excluding hydrogens is 446 g/mol. The minimum absolute atomic E-state index is 0.348. The lowest BCUT2D eigenvalue weighted by Gasteiger charge is -2.25. The number of aryl methyl sites for hydroxylation is 1. The second kappa shape index (κ2) is 8.82. The van der Waals surface area contributed by atoms with Crippen LogP contribution in [-0.4, -0.2) is 18.2 Å². The van der Waals surface area contributed by atoms with Gasteiger partial charge in [0.1, 0.15) is 10.6 Å². The number of methoxy groups -OCH3 is 1. The molecule has 0 aliphatic heterocycles. The molecule has 7 heteroatoms. The van der Waals surface area contributed by atoms with E-state index < -0.39 is 5.97 Å². The Kier molecular flexibility index (Phi) is 6.46. The number of ether oxygens (including phenoxy) is 1. The van der Waals surface area contributed by atoms with E-state index in [1.807, 2.05) is 65.1 Å². The van der Waals surface area contributed by atoms with Crippen LogP contribution in [0.2, 0.25) is 0 Å². The number of halogens is 1. The number of aromatic carboxylic acids is 1. The van der Waals surface area contributed by atoms with Crippen molar-refractivity contribution in [2.45, 2.75) is 18.4 Å². The molecule has 0 saturated carbocycles. The molecule has 0 atom stereocenters. The topological polar surface area (TPSA) is 49.8 Å². The van der Waals surface area contributed by atoms with Gasteiger partial charge in [-0.25, -0.2) is 4.79 Å². The number of thiophene rings is 1. The van der Waals surface area contributed by atoms with E-state index in [9.17, 15) is 9.90 Å². The van der Waals surface area contributed by atoms with Crippen LogP contribution in [0.25, 0.3) is 0 Å². The van der Waals surface area contributed by atoms with Crippen molar-refractivity contribution in [3.05, 3.63) is 74.4 Å². The molecule has 0 saturated heterocycles. The van der Waals surface area contributed by atoms with Crippen molar-refractivity contribution < 1.29 is 14.6 Å². The summed E-state index contributed by atoms with van der Waals surface area (Å²) in [5, 5.41) is 11.5. The lowest BCUT2D eigenvalue weighted by Crippen LogP contribution is -2.17. The van der Waals surface area contributed by atoms with E-state index in [-0.39, 0.29) is 0 Å². The van der Waals surface area contributed by atoms with Crippen LogP contribution in [0.15, 0.2) is 63.3 Å². The molecule has 1 heterocycles. The molecule has 0 spiro atoms. The smallest absolute Gasteiger partial charge is 0.348 e. The van der Waals surface area contributed by atoms with Gasteiger partial charge in [-0.15, -0.1) is 11.3 Å². The van der Waals surface area contributed by atoms with E-state index in [0.717, 1.165) is 31.9 Å². The monoisotopic (exact) mass is 463 g/mol. The third kappa shape index (κ3) is 4.66. The number of anilines is 1. The first kappa shape index (κ1) is 19.8. The second-order valence-electron chi connectivity index (χ2n) is 5.80. The fraction of sp³-hybridized carbons (Fsp3) is 0.150. The number of carbonyl (C=O) groups is 1. The van der Waals surface area contributed by atoms with Crippen LogP contribution in [0.4, 0.5) is 5.69 Å². The first-order chi connectivity index (χ1) is 13.0. The minimum atomic E-state index is -0.907. The van der Waals surface area contributed by atoms with E-state index in [4.69, 9.17) is 4.74 Å². The zero-order chi connectivity index (χ0) is 19.4. The number of rotatable bonds is 7. The van der Waals surface area contributed by atoms with Crippen molar-refractivity contribution >= 4 is 50.9 Å². The minimum Gasteiger partial charge on any atom is -0.497 e. The highest BCUT2D eigenvalue weighted by molar-refractivity contribution is 9.10. The van der Waals surface area contributed by atoms with Crippen molar-refractivity contribution in [2.75, 3.05) is 11.4 Å². The highest BCUT2D eigenvalue weighted by atomic mass is 79.9. The van der Waals surface area contributed by atoms with Gasteiger partial charge in [-0.1, -0.05) is 34.1 Å². The number of hydrogen-bond acceptors (Lipinski definition) is 5. The summed E-state index contributed by atoms with van der Waals surface area (Å²) in [5.41, 5.74) is 2.77. The Balaban J connectivity index is 1.99. The maximum atomic E-state index is 11.7. The van der Waals surface area contributed by atoms with Crippen molar-refractivity contribution in [1.29, 1.82) is 0 Å². The number of benzene rings is 2. The van der Waals surface area contributed by atoms with Crippen LogP contribution in [0.5, 0.6) is 5.75 Å². The Morgan fingerprint density at radius 3 is 2.56 bits per heavy atom. The van der Waals surface area contributed by atoms with Gasteiger partial charge in [0.25, 0.3) is 0 Å². The second-order valence-corrected chi connectivity index (χ2v) is 8.63. The predicted molar refractivity (Wildman–Crippen MR) is 115 cm³/mol. The molecule has 0 aliphatic carbocycles. The Morgan fingerprint density at radius 2 is 1.93 bits per heavy atom. The van der Waals surface area contributed by atoms with Crippen LogP contribution in [0.3, 0.4) is 0 Å². The van der Waals surface area contributed by atoms with Crippen molar-refractivity contribution in [3.8, 4) is 5.75 Å². The Bertz CT molecular complexity index is 941. The standard InChI is InChI=1S/C20H18BrNO3S2/c1-13-12-26-19(20(23)24)18(13)22(11-14-5-3-4-6-17(14)21)27-16-9-7-15(25-2)8-10-16/h3-10,12H,11H2,1-2H3,(H,23,24).